The van der Waals surface area contributed by atoms with E-state index in [4.69, 9.17) is 4.79 Å². The lowest BCUT2D eigenvalue weighted by atomic mass is 9.87. The number of rotatable bonds is 12. The molecule has 3 N–H and O–H groups in total. The molecule has 0 spiro atoms. The second-order valence-corrected chi connectivity index (χ2v) is 8.11. The molecule has 1 aliphatic rings. The molecule has 1 unspecified atom stereocenters. The van der Waals surface area contributed by atoms with Crippen LogP contribution < -0.4 is 16.0 Å². The van der Waals surface area contributed by atoms with Crippen LogP contribution in [0.4, 0.5) is 0 Å². The molecule has 0 fully saturated rings. The second kappa shape index (κ2) is 17.8. The van der Waals surface area contributed by atoms with Crippen molar-refractivity contribution >= 4 is 12.2 Å². The molecule has 0 saturated carbocycles. The zero-order valence-corrected chi connectivity index (χ0v) is 21.6. The van der Waals surface area contributed by atoms with Gasteiger partial charge < -0.3 is 25.6 Å². The van der Waals surface area contributed by atoms with Crippen LogP contribution in [0.3, 0.4) is 0 Å². The molecule has 0 aromatic rings. The molecule has 0 aliphatic heterocycles. The number of hydrogen-bond acceptors (Lipinski definition) is 5. The van der Waals surface area contributed by atoms with Crippen molar-refractivity contribution in [3.05, 3.63) is 71.1 Å². The predicted molar refractivity (Wildman–Crippen MR) is 141 cm³/mol. The van der Waals surface area contributed by atoms with Gasteiger partial charge in [-0.15, -0.1) is 0 Å². The minimum Gasteiger partial charge on any atom is -0.361 e. The molecule has 6 nitrogen and oxygen atoms in total. The van der Waals surface area contributed by atoms with Crippen LogP contribution in [0.25, 0.3) is 0 Å². The second-order valence-electron chi connectivity index (χ2n) is 8.11. The van der Waals surface area contributed by atoms with Gasteiger partial charge in [-0.05, 0) is 70.0 Å². The Kier molecular flexibility index (Phi) is 16.4. The van der Waals surface area contributed by atoms with E-state index < -0.39 is 0 Å². The molecule has 1 aliphatic carbocycles. The van der Waals surface area contributed by atoms with E-state index in [2.05, 4.69) is 67.4 Å². The normalized spacial score (nSPS) is 16.8. The Morgan fingerprint density at radius 1 is 1.27 bits per heavy atom. The van der Waals surface area contributed by atoms with Crippen molar-refractivity contribution in [1.29, 1.82) is 0 Å². The third kappa shape index (κ3) is 12.8. The van der Waals surface area contributed by atoms with Crippen LogP contribution in [0, 0.1) is 5.92 Å². The van der Waals surface area contributed by atoms with Gasteiger partial charge in [-0.2, -0.15) is 0 Å². The lowest BCUT2D eigenvalue weighted by Gasteiger charge is -2.19. The Bertz CT molecular complexity index is 788. The van der Waals surface area contributed by atoms with E-state index in [-0.39, 0.29) is 5.91 Å². The Labute approximate surface area is 201 Å². The number of hydrogen-bond donors (Lipinski definition) is 3. The number of nitrogens with one attached hydrogen (secondary N) is 3. The van der Waals surface area contributed by atoms with Crippen LogP contribution in [0.5, 0.6) is 0 Å². The first kappa shape index (κ1) is 30.3. The molecular weight excluding hydrogens is 412 g/mol. The fourth-order valence-corrected chi connectivity index (χ4v) is 3.00. The highest BCUT2D eigenvalue weighted by Crippen LogP contribution is 2.28. The average Bonchev–Trinajstić information content (AvgIpc) is 2.81. The highest BCUT2D eigenvalue weighted by Gasteiger charge is 2.19. The molecule has 184 valence electrons. The number of amides is 1. The highest BCUT2D eigenvalue weighted by atomic mass is 16.1. The molecule has 1 rings (SSSR count). The van der Waals surface area contributed by atoms with Gasteiger partial charge in [0.2, 0.25) is 0 Å². The van der Waals surface area contributed by atoms with Crippen LogP contribution >= 0.6 is 0 Å². The maximum Gasteiger partial charge on any atom is 0.251 e. The smallest absolute Gasteiger partial charge is 0.251 e. The standard InChI is InChI=1S/C25H40N4O.C2H4O/c1-8-22(12-10-20(4)17-27-14-15-29(7)9-2)28-18-21(5)24-16-19(3)11-13-23(24)25(30)26-6;1-2-3/h8,10,12-13,16,18-19,27-28H,1,9,11,14-15,17H2,2-7H3,(H,26,30);2H,1H3/b20-10+,21-18+,22-12+;. The quantitative estimate of drug-likeness (QED) is 0.236. The molecule has 6 heteroatoms. The molecule has 0 heterocycles. The molecule has 1 atom stereocenters. The van der Waals surface area contributed by atoms with Crippen molar-refractivity contribution in [2.24, 2.45) is 5.92 Å². The van der Waals surface area contributed by atoms with Crippen molar-refractivity contribution in [2.75, 3.05) is 40.3 Å². The van der Waals surface area contributed by atoms with E-state index in [0.29, 0.717) is 5.92 Å². The van der Waals surface area contributed by atoms with E-state index >= 15 is 0 Å². The fraction of sp³-hybridized carbons (Fsp3) is 0.481. The third-order valence-corrected chi connectivity index (χ3v) is 5.17. The summed E-state index contributed by atoms with van der Waals surface area (Å²) in [5.41, 5.74) is 4.91. The zero-order chi connectivity index (χ0) is 25.2. The number of carbonyl (C=O) groups is 2. The first-order valence-electron chi connectivity index (χ1n) is 11.6. The van der Waals surface area contributed by atoms with Crippen molar-refractivity contribution in [3.63, 3.8) is 0 Å². The Morgan fingerprint density at radius 2 is 1.94 bits per heavy atom. The minimum atomic E-state index is -0.0448. The summed E-state index contributed by atoms with van der Waals surface area (Å²) in [5.74, 6) is 0.373. The summed E-state index contributed by atoms with van der Waals surface area (Å²) >= 11 is 0. The van der Waals surface area contributed by atoms with Gasteiger partial charge in [0.05, 0.1) is 0 Å². The van der Waals surface area contributed by atoms with E-state index in [9.17, 15) is 4.79 Å². The lowest BCUT2D eigenvalue weighted by molar-refractivity contribution is -0.116. The summed E-state index contributed by atoms with van der Waals surface area (Å²) < 4.78 is 0. The molecule has 0 aromatic heterocycles. The fourth-order valence-electron chi connectivity index (χ4n) is 3.00. The monoisotopic (exact) mass is 456 g/mol. The average molecular weight is 457 g/mol. The van der Waals surface area contributed by atoms with Gasteiger partial charge in [-0.25, -0.2) is 0 Å². The third-order valence-electron chi connectivity index (χ3n) is 5.17. The van der Waals surface area contributed by atoms with E-state index in [0.717, 1.165) is 61.3 Å². The van der Waals surface area contributed by atoms with Crippen LogP contribution in [-0.2, 0) is 9.59 Å². The summed E-state index contributed by atoms with van der Waals surface area (Å²) in [6, 6.07) is 0. The molecule has 1 amide bonds. The minimum absolute atomic E-state index is 0.0448. The Balaban J connectivity index is 0.00000322. The number of carbonyl (C=O) groups excluding carboxylic acids is 2. The first-order valence-corrected chi connectivity index (χ1v) is 11.6. The van der Waals surface area contributed by atoms with E-state index in [1.54, 1.807) is 13.1 Å². The Morgan fingerprint density at radius 3 is 2.52 bits per heavy atom. The van der Waals surface area contributed by atoms with E-state index in [1.165, 1.54) is 12.5 Å². The van der Waals surface area contributed by atoms with Crippen LogP contribution in [0.2, 0.25) is 0 Å². The topological polar surface area (TPSA) is 73.5 Å². The predicted octanol–water partition coefficient (Wildman–Crippen LogP) is 3.88. The van der Waals surface area contributed by atoms with Gasteiger partial charge in [0.1, 0.15) is 6.29 Å². The van der Waals surface area contributed by atoms with Crippen molar-refractivity contribution < 1.29 is 9.59 Å². The van der Waals surface area contributed by atoms with Crippen LogP contribution in [0.1, 0.15) is 41.0 Å². The van der Waals surface area contributed by atoms with Crippen molar-refractivity contribution in [1.82, 2.24) is 20.9 Å². The SMILES string of the molecule is C=C/C(=C\C=C(/C)CNCCN(C)CC)N/C=C(\C)C1=CC(C)CC=C1C(=O)NC.CC=O. The summed E-state index contributed by atoms with van der Waals surface area (Å²) in [5, 5.41) is 9.51. The maximum absolute atomic E-state index is 12.2. The van der Waals surface area contributed by atoms with Crippen LogP contribution in [0.15, 0.2) is 71.1 Å². The van der Waals surface area contributed by atoms with Crippen molar-refractivity contribution in [2.45, 2.75) is 41.0 Å². The highest BCUT2D eigenvalue weighted by molar-refractivity contribution is 5.99. The van der Waals surface area contributed by atoms with Gasteiger partial charge in [0.15, 0.2) is 0 Å². The van der Waals surface area contributed by atoms with Gasteiger partial charge in [0, 0.05) is 44.2 Å². The summed E-state index contributed by atoms with van der Waals surface area (Å²) in [7, 11) is 3.79. The molecule has 0 aromatic carbocycles. The van der Waals surface area contributed by atoms with E-state index in [1.807, 2.05) is 25.3 Å². The summed E-state index contributed by atoms with van der Waals surface area (Å²) in [6.07, 6.45) is 13.7. The molecular formula is C27H44N4O2. The van der Waals surface area contributed by atoms with Gasteiger partial charge in [0.25, 0.3) is 5.91 Å². The van der Waals surface area contributed by atoms with Crippen molar-refractivity contribution in [3.8, 4) is 0 Å². The maximum atomic E-state index is 12.2. The van der Waals surface area contributed by atoms with Crippen LogP contribution in [-0.4, -0.2) is 57.4 Å². The molecule has 0 saturated heterocycles. The first-order chi connectivity index (χ1) is 15.7. The number of aldehydes is 1. The zero-order valence-electron chi connectivity index (χ0n) is 21.6. The lowest BCUT2D eigenvalue weighted by Crippen LogP contribution is -2.29. The number of nitrogens with zero attached hydrogens (tertiary/aromatic N) is 1. The largest absolute Gasteiger partial charge is 0.361 e. The van der Waals surface area contributed by atoms with Gasteiger partial charge in [-0.1, -0.05) is 44.2 Å². The number of allylic oxidation sites excluding steroid dienone is 6. The van der Waals surface area contributed by atoms with Gasteiger partial charge >= 0.3 is 0 Å². The molecule has 0 bridgehead atoms. The number of likely N-dealkylation sites (N-methyl/N-ethyl adjacent to an activating group) is 2. The molecule has 0 radical (unpaired) electrons. The Hall–Kier alpha value is -2.70. The summed E-state index contributed by atoms with van der Waals surface area (Å²) in [4.78, 5) is 23.3. The molecule has 33 heavy (non-hydrogen) atoms. The summed E-state index contributed by atoms with van der Waals surface area (Å²) in [6.45, 7) is 17.8. The van der Waals surface area contributed by atoms with Gasteiger partial charge in [-0.3, -0.25) is 4.79 Å².